The molecule has 1 aliphatic rings. The van der Waals surface area contributed by atoms with Crippen molar-refractivity contribution in [1.82, 2.24) is 24.8 Å². The highest BCUT2D eigenvalue weighted by Gasteiger charge is 2.27. The van der Waals surface area contributed by atoms with Gasteiger partial charge < -0.3 is 15.1 Å². The molecule has 1 atom stereocenters. The molecule has 2 aromatic heterocycles. The van der Waals surface area contributed by atoms with Crippen molar-refractivity contribution in [2.24, 2.45) is 0 Å². The molecule has 3 rings (SSSR count). The summed E-state index contributed by atoms with van der Waals surface area (Å²) < 4.78 is 0. The van der Waals surface area contributed by atoms with Crippen LogP contribution in [0.1, 0.15) is 53.5 Å². The Kier molecular flexibility index (Phi) is 6.30. The van der Waals surface area contributed by atoms with Gasteiger partial charge in [-0.15, -0.1) is 0 Å². The van der Waals surface area contributed by atoms with Gasteiger partial charge in [0, 0.05) is 55.9 Å². The highest BCUT2D eigenvalue weighted by Crippen LogP contribution is 2.25. The zero-order valence-corrected chi connectivity index (χ0v) is 18.3. The molecule has 0 aliphatic carbocycles. The molecule has 29 heavy (non-hydrogen) atoms. The second-order valence-corrected chi connectivity index (χ2v) is 7.74. The maximum atomic E-state index is 12.4. The van der Waals surface area contributed by atoms with E-state index in [-0.39, 0.29) is 17.8 Å². The van der Waals surface area contributed by atoms with Gasteiger partial charge in [0.05, 0.1) is 0 Å². The third kappa shape index (κ3) is 4.63. The Morgan fingerprint density at radius 1 is 1.14 bits per heavy atom. The minimum absolute atomic E-state index is 0.180. The molecule has 2 aromatic rings. The van der Waals surface area contributed by atoms with Crippen LogP contribution in [0.5, 0.6) is 0 Å². The number of amides is 1. The first-order chi connectivity index (χ1) is 13.8. The van der Waals surface area contributed by atoms with Gasteiger partial charge in [-0.25, -0.2) is 19.9 Å². The Bertz CT molecular complexity index is 875. The standard InChI is InChI=1S/C21H31N7O/c1-7-15-11-16(8-2)24-21(23-15)25-17-9-10-28(12-17)19-13(3)14(4)22-18(26-19)20(29)27(5)6/h11,17H,7-10,12H2,1-6H3,(H,23,24,25)/t17-/m1/s1. The molecule has 8 nitrogen and oxygen atoms in total. The molecule has 1 amide bonds. The fraction of sp³-hybridized carbons (Fsp3) is 0.571. The molecular formula is C21H31N7O. The smallest absolute Gasteiger partial charge is 0.291 e. The SMILES string of the molecule is CCc1cc(CC)nc(N[C@@H]2CCN(c3nc(C(=O)N(C)C)nc(C)c3C)C2)n1. The summed E-state index contributed by atoms with van der Waals surface area (Å²) in [7, 11) is 3.43. The molecule has 8 heteroatoms. The monoisotopic (exact) mass is 397 g/mol. The van der Waals surface area contributed by atoms with E-state index >= 15 is 0 Å². The van der Waals surface area contributed by atoms with Crippen LogP contribution in [0.4, 0.5) is 11.8 Å². The van der Waals surface area contributed by atoms with Crippen molar-refractivity contribution in [2.45, 2.75) is 53.0 Å². The second kappa shape index (κ2) is 8.71. The predicted molar refractivity (Wildman–Crippen MR) is 115 cm³/mol. The zero-order chi connectivity index (χ0) is 21.1. The van der Waals surface area contributed by atoms with Crippen molar-refractivity contribution in [3.05, 3.63) is 34.5 Å². The molecule has 0 bridgehead atoms. The summed E-state index contributed by atoms with van der Waals surface area (Å²) in [4.78, 5) is 34.3. The molecule has 3 heterocycles. The molecule has 1 saturated heterocycles. The second-order valence-electron chi connectivity index (χ2n) is 7.74. The molecule has 0 radical (unpaired) electrons. The van der Waals surface area contributed by atoms with Crippen LogP contribution < -0.4 is 10.2 Å². The van der Waals surface area contributed by atoms with Crippen LogP contribution in [0.25, 0.3) is 0 Å². The van der Waals surface area contributed by atoms with Crippen LogP contribution in [0.3, 0.4) is 0 Å². The van der Waals surface area contributed by atoms with Crippen molar-refractivity contribution < 1.29 is 4.79 Å². The number of nitrogens with zero attached hydrogens (tertiary/aromatic N) is 6. The summed E-state index contributed by atoms with van der Waals surface area (Å²) >= 11 is 0. The number of aryl methyl sites for hydroxylation is 3. The summed E-state index contributed by atoms with van der Waals surface area (Å²) in [5.41, 5.74) is 3.97. The average molecular weight is 398 g/mol. The van der Waals surface area contributed by atoms with Gasteiger partial charge in [-0.2, -0.15) is 0 Å². The summed E-state index contributed by atoms with van der Waals surface area (Å²) in [6.45, 7) is 9.80. The molecule has 0 spiro atoms. The lowest BCUT2D eigenvalue weighted by Gasteiger charge is -2.22. The van der Waals surface area contributed by atoms with Crippen LogP contribution in [-0.4, -0.2) is 64.0 Å². The van der Waals surface area contributed by atoms with Crippen LogP contribution in [0.2, 0.25) is 0 Å². The van der Waals surface area contributed by atoms with Gasteiger partial charge in [-0.3, -0.25) is 4.79 Å². The van der Waals surface area contributed by atoms with E-state index in [0.717, 1.165) is 60.8 Å². The van der Waals surface area contributed by atoms with Gasteiger partial charge in [-0.1, -0.05) is 13.8 Å². The molecule has 1 fully saturated rings. The first kappa shape index (κ1) is 21.0. The van der Waals surface area contributed by atoms with Crippen LogP contribution in [0, 0.1) is 13.8 Å². The number of aromatic nitrogens is 4. The van der Waals surface area contributed by atoms with E-state index in [1.807, 2.05) is 13.8 Å². The van der Waals surface area contributed by atoms with E-state index in [4.69, 9.17) is 0 Å². The number of nitrogens with one attached hydrogen (secondary N) is 1. The molecule has 1 N–H and O–H groups in total. The van der Waals surface area contributed by atoms with Crippen molar-refractivity contribution >= 4 is 17.7 Å². The number of anilines is 2. The topological polar surface area (TPSA) is 87.1 Å². The van der Waals surface area contributed by atoms with Crippen molar-refractivity contribution in [2.75, 3.05) is 37.4 Å². The maximum Gasteiger partial charge on any atom is 0.291 e. The van der Waals surface area contributed by atoms with Crippen LogP contribution >= 0.6 is 0 Å². The highest BCUT2D eigenvalue weighted by molar-refractivity contribution is 5.90. The minimum Gasteiger partial charge on any atom is -0.354 e. The van der Waals surface area contributed by atoms with Crippen molar-refractivity contribution in [3.63, 3.8) is 0 Å². The number of hydrogen-bond acceptors (Lipinski definition) is 7. The summed E-state index contributed by atoms with van der Waals surface area (Å²) in [5, 5.41) is 3.50. The number of carbonyl (C=O) groups excluding carboxylic acids is 1. The summed E-state index contributed by atoms with van der Waals surface area (Å²) in [6, 6.07) is 2.30. The normalized spacial score (nSPS) is 16.2. The Balaban J connectivity index is 1.78. The number of hydrogen-bond donors (Lipinski definition) is 1. The van der Waals surface area contributed by atoms with Gasteiger partial charge in [-0.05, 0) is 39.2 Å². The molecule has 1 aliphatic heterocycles. The van der Waals surface area contributed by atoms with Gasteiger partial charge >= 0.3 is 0 Å². The maximum absolute atomic E-state index is 12.4. The molecule has 0 aromatic carbocycles. The average Bonchev–Trinajstić information content (AvgIpc) is 3.16. The van der Waals surface area contributed by atoms with E-state index < -0.39 is 0 Å². The van der Waals surface area contributed by atoms with E-state index in [1.165, 1.54) is 4.90 Å². The van der Waals surface area contributed by atoms with Gasteiger partial charge in [0.15, 0.2) is 0 Å². The fourth-order valence-corrected chi connectivity index (χ4v) is 3.45. The van der Waals surface area contributed by atoms with Gasteiger partial charge in [0.2, 0.25) is 11.8 Å². The fourth-order valence-electron chi connectivity index (χ4n) is 3.45. The van der Waals surface area contributed by atoms with Crippen molar-refractivity contribution in [3.8, 4) is 0 Å². The van der Waals surface area contributed by atoms with Gasteiger partial charge in [0.25, 0.3) is 5.91 Å². The van der Waals surface area contributed by atoms with Crippen molar-refractivity contribution in [1.29, 1.82) is 0 Å². The highest BCUT2D eigenvalue weighted by atomic mass is 16.2. The Hall–Kier alpha value is -2.77. The summed E-state index contributed by atoms with van der Waals surface area (Å²) in [6.07, 6.45) is 2.74. The van der Waals surface area contributed by atoms with Crippen LogP contribution in [0.15, 0.2) is 6.07 Å². The van der Waals surface area contributed by atoms with E-state index in [1.54, 1.807) is 14.1 Å². The third-order valence-electron chi connectivity index (χ3n) is 5.34. The van der Waals surface area contributed by atoms with Gasteiger partial charge in [0.1, 0.15) is 5.82 Å². The van der Waals surface area contributed by atoms with E-state index in [2.05, 4.69) is 50.1 Å². The lowest BCUT2D eigenvalue weighted by Crippen LogP contribution is -2.30. The lowest BCUT2D eigenvalue weighted by atomic mass is 10.2. The van der Waals surface area contributed by atoms with Crippen LogP contribution in [-0.2, 0) is 12.8 Å². The molecular weight excluding hydrogens is 366 g/mol. The number of carbonyl (C=O) groups is 1. The molecule has 0 unspecified atom stereocenters. The minimum atomic E-state index is -0.180. The first-order valence-corrected chi connectivity index (χ1v) is 10.3. The predicted octanol–water partition coefficient (Wildman–Crippen LogP) is 2.40. The third-order valence-corrected chi connectivity index (χ3v) is 5.34. The quantitative estimate of drug-likeness (QED) is 0.801. The largest absolute Gasteiger partial charge is 0.354 e. The zero-order valence-electron chi connectivity index (χ0n) is 18.3. The summed E-state index contributed by atoms with van der Waals surface area (Å²) in [5.74, 6) is 1.60. The number of rotatable bonds is 6. The van der Waals surface area contributed by atoms with E-state index in [9.17, 15) is 4.79 Å². The molecule has 156 valence electrons. The Labute approximate surface area is 172 Å². The van der Waals surface area contributed by atoms with E-state index in [0.29, 0.717) is 5.95 Å². The molecule has 0 saturated carbocycles. The Morgan fingerprint density at radius 2 is 1.79 bits per heavy atom. The lowest BCUT2D eigenvalue weighted by molar-refractivity contribution is 0.0815. The Morgan fingerprint density at radius 3 is 2.38 bits per heavy atom. The first-order valence-electron chi connectivity index (χ1n) is 10.3.